The predicted octanol–water partition coefficient (Wildman–Crippen LogP) is 2.59. The van der Waals surface area contributed by atoms with Crippen LogP contribution < -0.4 is 5.32 Å². The lowest BCUT2D eigenvalue weighted by atomic mass is 10.2. The molecule has 0 bridgehead atoms. The third kappa shape index (κ3) is 6.78. The van der Waals surface area contributed by atoms with Gasteiger partial charge in [0.25, 0.3) is 0 Å². The Morgan fingerprint density at radius 2 is 2.24 bits per heavy atom. The van der Waals surface area contributed by atoms with Crippen molar-refractivity contribution in [2.24, 2.45) is 0 Å². The van der Waals surface area contributed by atoms with E-state index < -0.39 is 0 Å². The molecule has 1 rings (SSSR count). The highest BCUT2D eigenvalue weighted by molar-refractivity contribution is 9.10. The Hall–Kier alpha value is -0.420. The quantitative estimate of drug-likeness (QED) is 0.749. The van der Waals surface area contributed by atoms with Gasteiger partial charge in [-0.05, 0) is 24.6 Å². The number of hydrogen-bond donors (Lipinski definition) is 1. The Morgan fingerprint density at radius 1 is 1.41 bits per heavy atom. The van der Waals surface area contributed by atoms with Gasteiger partial charge in [0.2, 0.25) is 0 Å². The van der Waals surface area contributed by atoms with E-state index in [2.05, 4.69) is 40.3 Å². The number of hydrogen-bond acceptors (Lipinski definition) is 3. The number of nitrogens with one attached hydrogen (secondary N) is 1. The van der Waals surface area contributed by atoms with Gasteiger partial charge >= 0.3 is 0 Å². The van der Waals surface area contributed by atoms with Crippen molar-refractivity contribution < 1.29 is 9.47 Å². The predicted molar refractivity (Wildman–Crippen MR) is 73.1 cm³/mol. The summed E-state index contributed by atoms with van der Waals surface area (Å²) in [5, 5.41) is 3.32. The molecule has 0 aliphatic heterocycles. The summed E-state index contributed by atoms with van der Waals surface area (Å²) in [5.41, 5.74) is 1.18. The van der Waals surface area contributed by atoms with Gasteiger partial charge in [-0.2, -0.15) is 0 Å². The van der Waals surface area contributed by atoms with Crippen LogP contribution in [-0.4, -0.2) is 32.9 Å². The molecule has 0 aliphatic carbocycles. The molecule has 1 aromatic rings. The molecule has 4 heteroatoms. The molecule has 0 spiro atoms. The SMILES string of the molecule is COCC(C)NCCOCc1cccc(Br)c1. The summed E-state index contributed by atoms with van der Waals surface area (Å²) in [6.45, 7) is 5.03. The van der Waals surface area contributed by atoms with Crippen molar-refractivity contribution in [2.75, 3.05) is 26.9 Å². The summed E-state index contributed by atoms with van der Waals surface area (Å²) in [7, 11) is 1.71. The zero-order chi connectivity index (χ0) is 12.5. The summed E-state index contributed by atoms with van der Waals surface area (Å²) >= 11 is 3.44. The Labute approximate surface area is 112 Å². The topological polar surface area (TPSA) is 30.5 Å². The summed E-state index contributed by atoms with van der Waals surface area (Å²) in [5.74, 6) is 0. The van der Waals surface area contributed by atoms with E-state index >= 15 is 0 Å². The molecular formula is C13H20BrNO2. The molecule has 0 radical (unpaired) electrons. The Balaban J connectivity index is 2.08. The van der Waals surface area contributed by atoms with E-state index in [1.54, 1.807) is 7.11 Å². The maximum atomic E-state index is 5.58. The number of benzene rings is 1. The molecule has 1 unspecified atom stereocenters. The van der Waals surface area contributed by atoms with Crippen molar-refractivity contribution in [3.63, 3.8) is 0 Å². The van der Waals surface area contributed by atoms with Crippen LogP contribution in [-0.2, 0) is 16.1 Å². The zero-order valence-electron chi connectivity index (χ0n) is 10.4. The monoisotopic (exact) mass is 301 g/mol. The lowest BCUT2D eigenvalue weighted by Gasteiger charge is -2.12. The van der Waals surface area contributed by atoms with Gasteiger partial charge < -0.3 is 14.8 Å². The van der Waals surface area contributed by atoms with E-state index in [9.17, 15) is 0 Å². The number of halogens is 1. The highest BCUT2D eigenvalue weighted by atomic mass is 79.9. The second-order valence-corrected chi connectivity index (χ2v) is 4.91. The van der Waals surface area contributed by atoms with Crippen molar-refractivity contribution in [1.29, 1.82) is 0 Å². The Bertz CT molecular complexity index is 320. The summed E-state index contributed by atoms with van der Waals surface area (Å²) in [6.07, 6.45) is 0. The van der Waals surface area contributed by atoms with Gasteiger partial charge in [-0.25, -0.2) is 0 Å². The molecule has 0 saturated heterocycles. The van der Waals surface area contributed by atoms with Crippen molar-refractivity contribution in [2.45, 2.75) is 19.6 Å². The lowest BCUT2D eigenvalue weighted by molar-refractivity contribution is 0.114. The smallest absolute Gasteiger partial charge is 0.0717 e. The van der Waals surface area contributed by atoms with E-state index in [1.165, 1.54) is 5.56 Å². The summed E-state index contributed by atoms with van der Waals surface area (Å²) < 4.78 is 11.7. The zero-order valence-corrected chi connectivity index (χ0v) is 12.0. The van der Waals surface area contributed by atoms with E-state index in [-0.39, 0.29) is 0 Å². The van der Waals surface area contributed by atoms with Gasteiger partial charge in [0.05, 0.1) is 19.8 Å². The highest BCUT2D eigenvalue weighted by Crippen LogP contribution is 2.12. The molecule has 0 heterocycles. The van der Waals surface area contributed by atoms with E-state index in [0.29, 0.717) is 19.3 Å². The molecule has 1 N–H and O–H groups in total. The third-order valence-corrected chi connectivity index (χ3v) is 2.81. The molecule has 0 aromatic heterocycles. The molecule has 0 amide bonds. The average molecular weight is 302 g/mol. The molecule has 0 aliphatic rings. The van der Waals surface area contributed by atoms with Crippen molar-refractivity contribution in [3.05, 3.63) is 34.3 Å². The second kappa shape index (κ2) is 8.64. The van der Waals surface area contributed by atoms with Gasteiger partial charge in [-0.3, -0.25) is 0 Å². The minimum absolute atomic E-state index is 0.370. The molecule has 1 atom stereocenters. The van der Waals surface area contributed by atoms with Crippen LogP contribution in [0.2, 0.25) is 0 Å². The maximum absolute atomic E-state index is 5.58. The Kier molecular flexibility index (Phi) is 7.44. The third-order valence-electron chi connectivity index (χ3n) is 2.31. The minimum atomic E-state index is 0.370. The minimum Gasteiger partial charge on any atom is -0.383 e. The van der Waals surface area contributed by atoms with E-state index in [1.807, 2.05) is 12.1 Å². The van der Waals surface area contributed by atoms with Crippen LogP contribution in [0.25, 0.3) is 0 Å². The van der Waals surface area contributed by atoms with Gasteiger partial charge in [-0.1, -0.05) is 28.1 Å². The fourth-order valence-corrected chi connectivity index (χ4v) is 1.95. The molecule has 17 heavy (non-hydrogen) atoms. The van der Waals surface area contributed by atoms with Crippen molar-refractivity contribution in [1.82, 2.24) is 5.32 Å². The lowest BCUT2D eigenvalue weighted by Crippen LogP contribution is -2.32. The average Bonchev–Trinajstić information content (AvgIpc) is 2.29. The van der Waals surface area contributed by atoms with Crippen LogP contribution in [0.4, 0.5) is 0 Å². The standard InChI is InChI=1S/C13H20BrNO2/c1-11(9-16-2)15-6-7-17-10-12-4-3-5-13(14)8-12/h3-5,8,11,15H,6-7,9-10H2,1-2H3. The molecule has 0 saturated carbocycles. The van der Waals surface area contributed by atoms with Gasteiger partial charge in [0, 0.05) is 24.2 Å². The first-order chi connectivity index (χ1) is 8.22. The number of rotatable bonds is 8. The number of methoxy groups -OCH3 is 1. The highest BCUT2D eigenvalue weighted by Gasteiger charge is 1.99. The van der Waals surface area contributed by atoms with Crippen molar-refractivity contribution >= 4 is 15.9 Å². The van der Waals surface area contributed by atoms with Crippen LogP contribution in [0.3, 0.4) is 0 Å². The molecule has 0 fully saturated rings. The van der Waals surface area contributed by atoms with Gasteiger partial charge in [0.1, 0.15) is 0 Å². The van der Waals surface area contributed by atoms with E-state index in [4.69, 9.17) is 9.47 Å². The van der Waals surface area contributed by atoms with Crippen LogP contribution in [0, 0.1) is 0 Å². The first-order valence-electron chi connectivity index (χ1n) is 5.77. The molecule has 3 nitrogen and oxygen atoms in total. The van der Waals surface area contributed by atoms with E-state index in [0.717, 1.165) is 17.6 Å². The van der Waals surface area contributed by atoms with Crippen LogP contribution in [0.1, 0.15) is 12.5 Å². The van der Waals surface area contributed by atoms with Gasteiger partial charge in [0.15, 0.2) is 0 Å². The Morgan fingerprint density at radius 3 is 2.94 bits per heavy atom. The maximum Gasteiger partial charge on any atom is 0.0717 e. The molecule has 1 aromatic carbocycles. The summed E-state index contributed by atoms with van der Waals surface area (Å²) in [6, 6.07) is 8.53. The van der Waals surface area contributed by atoms with Crippen LogP contribution in [0.15, 0.2) is 28.7 Å². The first-order valence-corrected chi connectivity index (χ1v) is 6.56. The van der Waals surface area contributed by atoms with Crippen LogP contribution >= 0.6 is 15.9 Å². The second-order valence-electron chi connectivity index (χ2n) is 3.99. The molecule has 96 valence electrons. The number of ether oxygens (including phenoxy) is 2. The van der Waals surface area contributed by atoms with Crippen LogP contribution in [0.5, 0.6) is 0 Å². The summed E-state index contributed by atoms with van der Waals surface area (Å²) in [4.78, 5) is 0. The normalized spacial score (nSPS) is 12.6. The fraction of sp³-hybridized carbons (Fsp3) is 0.538. The van der Waals surface area contributed by atoms with Gasteiger partial charge in [-0.15, -0.1) is 0 Å². The van der Waals surface area contributed by atoms with Crippen molar-refractivity contribution in [3.8, 4) is 0 Å². The first kappa shape index (κ1) is 14.6. The molecular weight excluding hydrogens is 282 g/mol. The largest absolute Gasteiger partial charge is 0.383 e. The fourth-order valence-electron chi connectivity index (χ4n) is 1.50.